The van der Waals surface area contributed by atoms with Crippen molar-refractivity contribution >= 4 is 23.3 Å². The van der Waals surface area contributed by atoms with Crippen LogP contribution >= 0.6 is 11.6 Å². The normalized spacial score (nSPS) is 20.0. The quantitative estimate of drug-likeness (QED) is 0.789. The summed E-state index contributed by atoms with van der Waals surface area (Å²) in [4.78, 5) is 22.6. The number of amides is 2. The van der Waals surface area contributed by atoms with E-state index in [0.717, 1.165) is 38.3 Å². The van der Waals surface area contributed by atoms with Crippen molar-refractivity contribution in [2.75, 3.05) is 57.4 Å². The standard InChI is InChI=1S/C15H21ClN4O2/c16-13-12-17-3-2-14(13)18-4-1-5-19(7-6-18)15(21)20-8-10-22-11-9-20/h2-3,12H,1,4-11H2. The molecule has 1 aromatic rings. The number of nitrogens with zero attached hydrogens (tertiary/aromatic N) is 4. The van der Waals surface area contributed by atoms with E-state index in [2.05, 4.69) is 9.88 Å². The van der Waals surface area contributed by atoms with Gasteiger partial charge in [0.25, 0.3) is 0 Å². The summed E-state index contributed by atoms with van der Waals surface area (Å²) in [5, 5.41) is 0.662. The van der Waals surface area contributed by atoms with Crippen molar-refractivity contribution in [1.82, 2.24) is 14.8 Å². The summed E-state index contributed by atoms with van der Waals surface area (Å²) in [7, 11) is 0. The van der Waals surface area contributed by atoms with Crippen molar-refractivity contribution in [3.8, 4) is 0 Å². The predicted molar refractivity (Wildman–Crippen MR) is 85.4 cm³/mol. The topological polar surface area (TPSA) is 48.9 Å². The number of rotatable bonds is 1. The largest absolute Gasteiger partial charge is 0.378 e. The smallest absolute Gasteiger partial charge is 0.320 e. The molecular weight excluding hydrogens is 304 g/mol. The molecule has 2 saturated heterocycles. The molecule has 2 aliphatic rings. The van der Waals surface area contributed by atoms with E-state index in [-0.39, 0.29) is 6.03 Å². The molecule has 2 aliphatic heterocycles. The molecule has 0 spiro atoms. The minimum absolute atomic E-state index is 0.131. The monoisotopic (exact) mass is 324 g/mol. The van der Waals surface area contributed by atoms with Gasteiger partial charge in [-0.15, -0.1) is 0 Å². The molecule has 1 aromatic heterocycles. The van der Waals surface area contributed by atoms with Crippen LogP contribution in [0.2, 0.25) is 5.02 Å². The van der Waals surface area contributed by atoms with E-state index in [1.807, 2.05) is 15.9 Å². The zero-order valence-electron chi connectivity index (χ0n) is 12.6. The fourth-order valence-electron chi connectivity index (χ4n) is 2.93. The molecule has 0 bridgehead atoms. The Morgan fingerprint density at radius 3 is 2.64 bits per heavy atom. The average molecular weight is 325 g/mol. The van der Waals surface area contributed by atoms with E-state index >= 15 is 0 Å². The average Bonchev–Trinajstić information content (AvgIpc) is 2.81. The number of aromatic nitrogens is 1. The molecule has 6 nitrogen and oxygen atoms in total. The number of hydrogen-bond donors (Lipinski definition) is 0. The second kappa shape index (κ2) is 7.15. The highest BCUT2D eigenvalue weighted by atomic mass is 35.5. The first-order valence-electron chi connectivity index (χ1n) is 7.72. The molecule has 7 heteroatoms. The summed E-state index contributed by atoms with van der Waals surface area (Å²) in [6, 6.07) is 2.06. The Bertz CT molecular complexity index is 522. The lowest BCUT2D eigenvalue weighted by Crippen LogP contribution is -2.49. The molecule has 0 N–H and O–H groups in total. The first-order valence-corrected chi connectivity index (χ1v) is 8.09. The van der Waals surface area contributed by atoms with Crippen LogP contribution in [0, 0.1) is 0 Å². The van der Waals surface area contributed by atoms with Gasteiger partial charge in [0.05, 0.1) is 23.9 Å². The van der Waals surface area contributed by atoms with Gasteiger partial charge in [0.15, 0.2) is 0 Å². The molecule has 3 rings (SSSR count). The van der Waals surface area contributed by atoms with E-state index in [9.17, 15) is 4.79 Å². The predicted octanol–water partition coefficient (Wildman–Crippen LogP) is 1.70. The number of carbonyl (C=O) groups excluding carboxylic acids is 1. The van der Waals surface area contributed by atoms with Crippen LogP contribution in [0.1, 0.15) is 6.42 Å². The summed E-state index contributed by atoms with van der Waals surface area (Å²) < 4.78 is 5.31. The van der Waals surface area contributed by atoms with Crippen molar-refractivity contribution in [2.24, 2.45) is 0 Å². The van der Waals surface area contributed by atoms with Gasteiger partial charge < -0.3 is 19.4 Å². The minimum Gasteiger partial charge on any atom is -0.378 e. The molecule has 22 heavy (non-hydrogen) atoms. The Balaban J connectivity index is 1.62. The van der Waals surface area contributed by atoms with Crippen LogP contribution in [0.25, 0.3) is 0 Å². The lowest BCUT2D eigenvalue weighted by Gasteiger charge is -2.32. The Hall–Kier alpha value is -1.53. The summed E-state index contributed by atoms with van der Waals surface area (Å²) in [5.41, 5.74) is 0.998. The third-order valence-electron chi connectivity index (χ3n) is 4.14. The molecule has 0 saturated carbocycles. The fourth-order valence-corrected chi connectivity index (χ4v) is 3.17. The lowest BCUT2D eigenvalue weighted by atomic mass is 10.3. The third kappa shape index (κ3) is 3.44. The molecule has 0 aliphatic carbocycles. The Labute approximate surface area is 135 Å². The van der Waals surface area contributed by atoms with E-state index in [4.69, 9.17) is 16.3 Å². The number of ether oxygens (including phenoxy) is 1. The number of urea groups is 1. The second-order valence-corrected chi connectivity index (χ2v) is 5.94. The Morgan fingerprint density at radius 1 is 1.09 bits per heavy atom. The SMILES string of the molecule is O=C(N1CCOCC1)N1CCCN(c2ccncc2Cl)CC1. The summed E-state index contributed by atoms with van der Waals surface area (Å²) in [6.45, 7) is 5.85. The van der Waals surface area contributed by atoms with E-state index in [1.54, 1.807) is 12.4 Å². The lowest BCUT2D eigenvalue weighted by molar-refractivity contribution is 0.0438. The molecule has 2 amide bonds. The number of halogens is 1. The zero-order chi connectivity index (χ0) is 15.4. The molecule has 0 unspecified atom stereocenters. The maximum Gasteiger partial charge on any atom is 0.320 e. The molecule has 3 heterocycles. The van der Waals surface area contributed by atoms with Crippen molar-refractivity contribution in [1.29, 1.82) is 0 Å². The van der Waals surface area contributed by atoms with Crippen LogP contribution in [0.5, 0.6) is 0 Å². The molecule has 0 atom stereocenters. The van der Waals surface area contributed by atoms with Crippen LogP contribution in [-0.2, 0) is 4.74 Å². The Kier molecular flexibility index (Phi) is 5.00. The van der Waals surface area contributed by atoms with Crippen LogP contribution in [0.3, 0.4) is 0 Å². The van der Waals surface area contributed by atoms with Gasteiger partial charge in [-0.05, 0) is 12.5 Å². The number of carbonyl (C=O) groups is 1. The molecule has 0 radical (unpaired) electrons. The second-order valence-electron chi connectivity index (χ2n) is 5.54. The number of hydrogen-bond acceptors (Lipinski definition) is 4. The van der Waals surface area contributed by atoms with Crippen LogP contribution in [0.4, 0.5) is 10.5 Å². The highest BCUT2D eigenvalue weighted by Crippen LogP contribution is 2.25. The maximum absolute atomic E-state index is 12.6. The summed E-state index contributed by atoms with van der Waals surface area (Å²) >= 11 is 6.22. The van der Waals surface area contributed by atoms with E-state index in [1.165, 1.54) is 0 Å². The first kappa shape index (κ1) is 15.4. The van der Waals surface area contributed by atoms with Gasteiger partial charge in [-0.25, -0.2) is 4.79 Å². The maximum atomic E-state index is 12.6. The zero-order valence-corrected chi connectivity index (χ0v) is 13.3. The fraction of sp³-hybridized carbons (Fsp3) is 0.600. The third-order valence-corrected chi connectivity index (χ3v) is 4.43. The van der Waals surface area contributed by atoms with Crippen molar-refractivity contribution in [3.63, 3.8) is 0 Å². The van der Waals surface area contributed by atoms with E-state index < -0.39 is 0 Å². The number of anilines is 1. The Morgan fingerprint density at radius 2 is 1.86 bits per heavy atom. The van der Waals surface area contributed by atoms with Gasteiger partial charge in [0, 0.05) is 51.7 Å². The van der Waals surface area contributed by atoms with Crippen LogP contribution in [0.15, 0.2) is 18.5 Å². The minimum atomic E-state index is 0.131. The first-order chi connectivity index (χ1) is 10.8. The molecule has 0 aromatic carbocycles. The molecule has 2 fully saturated rings. The van der Waals surface area contributed by atoms with Gasteiger partial charge in [0.1, 0.15) is 0 Å². The number of morpholine rings is 1. The van der Waals surface area contributed by atoms with Gasteiger partial charge in [-0.3, -0.25) is 4.98 Å². The van der Waals surface area contributed by atoms with Gasteiger partial charge >= 0.3 is 6.03 Å². The number of pyridine rings is 1. The summed E-state index contributed by atoms with van der Waals surface area (Å²) in [5.74, 6) is 0. The van der Waals surface area contributed by atoms with Crippen LogP contribution < -0.4 is 4.90 Å². The van der Waals surface area contributed by atoms with Gasteiger partial charge in [-0.1, -0.05) is 11.6 Å². The van der Waals surface area contributed by atoms with Crippen molar-refractivity contribution in [2.45, 2.75) is 6.42 Å². The van der Waals surface area contributed by atoms with E-state index in [0.29, 0.717) is 31.3 Å². The molecule has 120 valence electrons. The van der Waals surface area contributed by atoms with Crippen molar-refractivity contribution < 1.29 is 9.53 Å². The van der Waals surface area contributed by atoms with Gasteiger partial charge in [0.2, 0.25) is 0 Å². The van der Waals surface area contributed by atoms with Crippen molar-refractivity contribution in [3.05, 3.63) is 23.5 Å². The van der Waals surface area contributed by atoms with Crippen LogP contribution in [-0.4, -0.2) is 73.3 Å². The summed E-state index contributed by atoms with van der Waals surface area (Å²) in [6.07, 6.45) is 4.36. The highest BCUT2D eigenvalue weighted by Gasteiger charge is 2.25. The highest BCUT2D eigenvalue weighted by molar-refractivity contribution is 6.33. The molecular formula is C15H21ClN4O2. The van der Waals surface area contributed by atoms with Gasteiger partial charge in [-0.2, -0.15) is 0 Å².